The van der Waals surface area contributed by atoms with Gasteiger partial charge in [-0.2, -0.15) is 0 Å². The standard InChI is InChI=1S/C13H13FN2OS/c14-11-4-1-3-10(9-11)6-7-15-13(17)16-12-5-2-8-18-12/h1-5,8-9H,6-7H2,(H2,15,16,17). The second-order valence-electron chi connectivity index (χ2n) is 3.74. The fourth-order valence-electron chi connectivity index (χ4n) is 1.52. The van der Waals surface area contributed by atoms with E-state index in [1.165, 1.54) is 23.5 Å². The summed E-state index contributed by atoms with van der Waals surface area (Å²) in [6.07, 6.45) is 0.607. The summed E-state index contributed by atoms with van der Waals surface area (Å²) in [5, 5.41) is 8.13. The fourth-order valence-corrected chi connectivity index (χ4v) is 2.13. The summed E-state index contributed by atoms with van der Waals surface area (Å²) in [4.78, 5) is 11.5. The molecule has 5 heteroatoms. The van der Waals surface area contributed by atoms with Crippen LogP contribution < -0.4 is 10.6 Å². The van der Waals surface area contributed by atoms with E-state index in [4.69, 9.17) is 0 Å². The zero-order chi connectivity index (χ0) is 12.8. The molecule has 94 valence electrons. The highest BCUT2D eigenvalue weighted by Crippen LogP contribution is 2.14. The number of carbonyl (C=O) groups excluding carboxylic acids is 1. The Kier molecular flexibility index (Phi) is 4.30. The Morgan fingerprint density at radius 3 is 2.89 bits per heavy atom. The average molecular weight is 264 g/mol. The van der Waals surface area contributed by atoms with E-state index >= 15 is 0 Å². The lowest BCUT2D eigenvalue weighted by molar-refractivity contribution is 0.252. The van der Waals surface area contributed by atoms with Crippen LogP contribution in [0.15, 0.2) is 41.8 Å². The van der Waals surface area contributed by atoms with Gasteiger partial charge < -0.3 is 5.32 Å². The van der Waals surface area contributed by atoms with Crippen LogP contribution >= 0.6 is 11.3 Å². The predicted molar refractivity (Wildman–Crippen MR) is 71.4 cm³/mol. The molecule has 0 radical (unpaired) electrons. The summed E-state index contributed by atoms with van der Waals surface area (Å²) in [6.45, 7) is 0.473. The van der Waals surface area contributed by atoms with Gasteiger partial charge in [-0.3, -0.25) is 5.32 Å². The zero-order valence-corrected chi connectivity index (χ0v) is 10.5. The molecule has 0 atom stereocenters. The molecule has 0 fully saturated rings. The quantitative estimate of drug-likeness (QED) is 0.874. The maximum atomic E-state index is 12.9. The predicted octanol–water partition coefficient (Wildman–Crippen LogP) is 3.25. The van der Waals surface area contributed by atoms with Crippen LogP contribution in [0, 0.1) is 5.82 Å². The van der Waals surface area contributed by atoms with E-state index in [0.29, 0.717) is 13.0 Å². The monoisotopic (exact) mass is 264 g/mol. The molecule has 0 saturated heterocycles. The number of hydrogen-bond donors (Lipinski definition) is 2. The van der Waals surface area contributed by atoms with Gasteiger partial charge in [-0.1, -0.05) is 12.1 Å². The Labute approximate surface area is 109 Å². The van der Waals surface area contributed by atoms with E-state index in [0.717, 1.165) is 10.6 Å². The number of carbonyl (C=O) groups is 1. The maximum absolute atomic E-state index is 12.9. The van der Waals surface area contributed by atoms with Gasteiger partial charge in [0.25, 0.3) is 0 Å². The molecule has 0 saturated carbocycles. The second kappa shape index (κ2) is 6.16. The van der Waals surface area contributed by atoms with Crippen molar-refractivity contribution in [3.05, 3.63) is 53.2 Å². The number of benzene rings is 1. The van der Waals surface area contributed by atoms with Crippen molar-refractivity contribution in [3.63, 3.8) is 0 Å². The Hall–Kier alpha value is -1.88. The molecular weight excluding hydrogens is 251 g/mol. The molecule has 0 unspecified atom stereocenters. The molecule has 18 heavy (non-hydrogen) atoms. The topological polar surface area (TPSA) is 41.1 Å². The minimum absolute atomic E-state index is 0.242. The fraction of sp³-hybridized carbons (Fsp3) is 0.154. The second-order valence-corrected chi connectivity index (χ2v) is 4.69. The summed E-state index contributed by atoms with van der Waals surface area (Å²) in [5.41, 5.74) is 0.867. The smallest absolute Gasteiger partial charge is 0.319 e. The van der Waals surface area contributed by atoms with Crippen LogP contribution in [0.5, 0.6) is 0 Å². The number of halogens is 1. The van der Waals surface area contributed by atoms with Crippen LogP contribution in [0.1, 0.15) is 5.56 Å². The van der Waals surface area contributed by atoms with Gasteiger partial charge in [-0.25, -0.2) is 9.18 Å². The zero-order valence-electron chi connectivity index (χ0n) is 9.65. The lowest BCUT2D eigenvalue weighted by Gasteiger charge is -2.06. The third kappa shape index (κ3) is 3.85. The number of anilines is 1. The van der Waals surface area contributed by atoms with Crippen molar-refractivity contribution >= 4 is 22.4 Å². The van der Waals surface area contributed by atoms with Gasteiger partial charge in [-0.05, 0) is 41.6 Å². The highest BCUT2D eigenvalue weighted by atomic mass is 32.1. The van der Waals surface area contributed by atoms with Crippen molar-refractivity contribution in [1.29, 1.82) is 0 Å². The molecule has 2 rings (SSSR count). The molecule has 3 nitrogen and oxygen atoms in total. The number of thiophene rings is 1. The first-order valence-electron chi connectivity index (χ1n) is 5.57. The number of rotatable bonds is 4. The van der Waals surface area contributed by atoms with Crippen molar-refractivity contribution in [2.45, 2.75) is 6.42 Å². The molecule has 1 aromatic heterocycles. The first-order chi connectivity index (χ1) is 8.74. The summed E-state index contributed by atoms with van der Waals surface area (Å²) in [5.74, 6) is -0.254. The highest BCUT2D eigenvalue weighted by Gasteiger charge is 2.01. The average Bonchev–Trinajstić information content (AvgIpc) is 2.82. The van der Waals surface area contributed by atoms with Crippen molar-refractivity contribution in [2.24, 2.45) is 0 Å². The van der Waals surface area contributed by atoms with Crippen molar-refractivity contribution in [2.75, 3.05) is 11.9 Å². The van der Waals surface area contributed by atoms with Crippen LogP contribution in [0.4, 0.5) is 14.2 Å². The third-order valence-electron chi connectivity index (χ3n) is 2.35. The number of urea groups is 1. The SMILES string of the molecule is O=C(NCCc1cccc(F)c1)Nc1cccs1. The molecular formula is C13H13FN2OS. The Morgan fingerprint density at radius 2 is 2.17 bits per heavy atom. The highest BCUT2D eigenvalue weighted by molar-refractivity contribution is 7.14. The summed E-state index contributed by atoms with van der Waals surface area (Å²) < 4.78 is 12.9. The summed E-state index contributed by atoms with van der Waals surface area (Å²) in [7, 11) is 0. The minimum atomic E-state index is -0.254. The minimum Gasteiger partial charge on any atom is -0.338 e. The number of nitrogens with one attached hydrogen (secondary N) is 2. The Bertz CT molecular complexity index is 513. The molecule has 0 bridgehead atoms. The van der Waals surface area contributed by atoms with Gasteiger partial charge in [0.05, 0.1) is 5.00 Å². The lowest BCUT2D eigenvalue weighted by Crippen LogP contribution is -2.30. The molecule has 0 aliphatic carbocycles. The van der Waals surface area contributed by atoms with Gasteiger partial charge in [-0.15, -0.1) is 11.3 Å². The van der Waals surface area contributed by atoms with E-state index in [-0.39, 0.29) is 11.8 Å². The van der Waals surface area contributed by atoms with Crippen molar-refractivity contribution in [1.82, 2.24) is 5.32 Å². The van der Waals surface area contributed by atoms with Crippen molar-refractivity contribution in [3.8, 4) is 0 Å². The third-order valence-corrected chi connectivity index (χ3v) is 3.13. The normalized spacial score (nSPS) is 10.1. The molecule has 0 spiro atoms. The van der Waals surface area contributed by atoms with Crippen molar-refractivity contribution < 1.29 is 9.18 Å². The summed E-state index contributed by atoms with van der Waals surface area (Å²) >= 11 is 1.46. The van der Waals surface area contributed by atoms with E-state index in [1.54, 1.807) is 6.07 Å². The molecule has 2 amide bonds. The number of hydrogen-bond acceptors (Lipinski definition) is 2. The molecule has 2 N–H and O–H groups in total. The van der Waals surface area contributed by atoms with E-state index in [1.807, 2.05) is 23.6 Å². The van der Waals surface area contributed by atoms with Crippen LogP contribution in [0.2, 0.25) is 0 Å². The van der Waals surface area contributed by atoms with E-state index < -0.39 is 0 Å². The van der Waals surface area contributed by atoms with Crippen LogP contribution in [-0.4, -0.2) is 12.6 Å². The van der Waals surface area contributed by atoms with Gasteiger partial charge in [0, 0.05) is 6.54 Å². The van der Waals surface area contributed by atoms with Gasteiger partial charge in [0.15, 0.2) is 0 Å². The summed E-state index contributed by atoms with van der Waals surface area (Å²) in [6, 6.07) is 9.83. The first kappa shape index (κ1) is 12.6. The molecule has 0 aliphatic heterocycles. The molecule has 1 heterocycles. The van der Waals surface area contributed by atoms with E-state index in [2.05, 4.69) is 10.6 Å². The first-order valence-corrected chi connectivity index (χ1v) is 6.45. The van der Waals surface area contributed by atoms with Crippen LogP contribution in [0.3, 0.4) is 0 Å². The van der Waals surface area contributed by atoms with E-state index in [9.17, 15) is 9.18 Å². The molecule has 2 aromatic rings. The Balaban J connectivity index is 1.73. The number of amides is 2. The van der Waals surface area contributed by atoms with Gasteiger partial charge >= 0.3 is 6.03 Å². The van der Waals surface area contributed by atoms with Crippen LogP contribution in [-0.2, 0) is 6.42 Å². The van der Waals surface area contributed by atoms with Gasteiger partial charge in [0.1, 0.15) is 5.82 Å². The Morgan fingerprint density at radius 1 is 1.28 bits per heavy atom. The van der Waals surface area contributed by atoms with Gasteiger partial charge in [0.2, 0.25) is 0 Å². The maximum Gasteiger partial charge on any atom is 0.319 e. The largest absolute Gasteiger partial charge is 0.338 e. The molecule has 0 aliphatic rings. The van der Waals surface area contributed by atoms with Crippen LogP contribution in [0.25, 0.3) is 0 Å². The molecule has 1 aromatic carbocycles. The lowest BCUT2D eigenvalue weighted by atomic mass is 10.1.